The summed E-state index contributed by atoms with van der Waals surface area (Å²) in [5, 5.41) is 0. The molecule has 0 bridgehead atoms. The zero-order valence-corrected chi connectivity index (χ0v) is 22.7. The number of hydrogen-bond acceptors (Lipinski definition) is 4. The van der Waals surface area contributed by atoms with Crippen molar-refractivity contribution in [2.75, 3.05) is 28.2 Å². The molecule has 1 N–H and O–H groups in total. The summed E-state index contributed by atoms with van der Waals surface area (Å²) in [5.41, 5.74) is 8.79. The fourth-order valence-electron chi connectivity index (χ4n) is 3.12. The predicted octanol–water partition coefficient (Wildman–Crippen LogP) is 6.62. The molecule has 0 atom stereocenters. The number of nitrogens with one attached hydrogen (secondary N) is 1. The first-order chi connectivity index (χ1) is 14.0. The first-order valence-corrected chi connectivity index (χ1v) is 13.6. The van der Waals surface area contributed by atoms with E-state index in [-0.39, 0.29) is 13.1 Å². The van der Waals surface area contributed by atoms with Gasteiger partial charge >= 0.3 is 33.3 Å². The Morgan fingerprint density at radius 1 is 0.900 bits per heavy atom. The Labute approximate surface area is 197 Å². The Balaban J connectivity index is 0.00000141. The molecule has 0 fully saturated rings. The summed E-state index contributed by atoms with van der Waals surface area (Å²) in [6.45, 7) is 10.5. The molecule has 0 saturated carbocycles. The van der Waals surface area contributed by atoms with Crippen molar-refractivity contribution in [1.82, 2.24) is 14.3 Å². The van der Waals surface area contributed by atoms with E-state index in [4.69, 9.17) is 30.0 Å². The van der Waals surface area contributed by atoms with E-state index in [1.807, 2.05) is 6.92 Å². The van der Waals surface area contributed by atoms with Crippen LogP contribution in [0.4, 0.5) is 5.69 Å². The molecule has 0 aliphatic heterocycles. The van der Waals surface area contributed by atoms with Gasteiger partial charge in [-0.3, -0.25) is 14.3 Å². The molecule has 0 aliphatic carbocycles. The average Bonchev–Trinajstić information content (AvgIpc) is 3.12. The van der Waals surface area contributed by atoms with Crippen LogP contribution in [0.5, 0.6) is 0 Å². The molecule has 9 heteroatoms. The van der Waals surface area contributed by atoms with Gasteiger partial charge in [0.15, 0.2) is 8.37 Å². The van der Waals surface area contributed by atoms with Crippen LogP contribution in [-0.2, 0) is 13.1 Å². The van der Waals surface area contributed by atoms with Crippen LogP contribution in [0.15, 0.2) is 34.0 Å². The Hall–Kier alpha value is -0.711. The second kappa shape index (κ2) is 13.0. The predicted molar refractivity (Wildman–Crippen MR) is 132 cm³/mol. The van der Waals surface area contributed by atoms with Crippen molar-refractivity contribution >= 4 is 45.7 Å². The molecular formula is C21H32Cl2FeN5P. The molecule has 0 amide bonds. The van der Waals surface area contributed by atoms with Gasteiger partial charge in [-0.15, -0.1) is 0 Å². The second-order valence-corrected chi connectivity index (χ2v) is 11.6. The zero-order valence-electron chi connectivity index (χ0n) is 19.2. The molecule has 2 aromatic rings. The molecule has 0 saturated heterocycles. The van der Waals surface area contributed by atoms with Crippen LogP contribution >= 0.6 is 28.6 Å². The van der Waals surface area contributed by atoms with E-state index >= 15 is 0 Å². The fourth-order valence-corrected chi connectivity index (χ4v) is 4.57. The van der Waals surface area contributed by atoms with E-state index < -0.39 is 8.37 Å². The molecule has 168 valence electrons. The summed E-state index contributed by atoms with van der Waals surface area (Å²) in [5.74, 6) is 0. The second-order valence-electron chi connectivity index (χ2n) is 7.43. The van der Waals surface area contributed by atoms with Crippen molar-refractivity contribution in [3.8, 4) is 0 Å². The number of rotatable bonds is 6. The first-order valence-electron chi connectivity index (χ1n) is 9.39. The normalized spacial score (nSPS) is 12.7. The van der Waals surface area contributed by atoms with Crippen LogP contribution in [0.1, 0.15) is 41.9 Å². The Morgan fingerprint density at radius 2 is 1.33 bits per heavy atom. The average molecular weight is 512 g/mol. The molecule has 0 radical (unpaired) electrons. The number of aromatic amines is 1. The van der Waals surface area contributed by atoms with E-state index in [9.17, 15) is 0 Å². The van der Waals surface area contributed by atoms with Gasteiger partial charge in [0.05, 0.1) is 28.5 Å². The number of aliphatic imine (C=N–C) groups is 1. The third-order valence-electron chi connectivity index (χ3n) is 4.34. The van der Waals surface area contributed by atoms with Crippen molar-refractivity contribution in [2.45, 2.75) is 34.6 Å². The van der Waals surface area contributed by atoms with Crippen LogP contribution in [0.2, 0.25) is 0 Å². The maximum atomic E-state index is 4.90. The molecule has 1 aromatic carbocycles. The van der Waals surface area contributed by atoms with Gasteiger partial charge in [0.25, 0.3) is 0 Å². The maximum absolute atomic E-state index is 4.90. The van der Waals surface area contributed by atoms with Crippen molar-refractivity contribution < 1.29 is 13.1 Å². The molecule has 1 aromatic heterocycles. The van der Waals surface area contributed by atoms with Gasteiger partial charge in [-0.2, -0.15) is 0 Å². The molecule has 0 unspecified atom stereocenters. The van der Waals surface area contributed by atoms with Crippen LogP contribution in [-0.4, -0.2) is 53.9 Å². The Kier molecular flexibility index (Phi) is 11.8. The summed E-state index contributed by atoms with van der Waals surface area (Å²) in [6.07, 6.45) is 0. The van der Waals surface area contributed by atoms with Crippen molar-refractivity contribution in [3.05, 3.63) is 52.3 Å². The number of aromatic nitrogens is 1. The van der Waals surface area contributed by atoms with E-state index in [0.717, 1.165) is 28.5 Å². The SMILES string of the molecule is CC(=Nc1c(C)cc(C)cc1C)c1ccc(/C(C)=N/P(N(C)C)N(C)C)[nH]1.[Cl][Fe][Cl]. The molecule has 0 spiro atoms. The minimum atomic E-state index is -0.695. The van der Waals surface area contributed by atoms with E-state index in [1.165, 1.54) is 16.7 Å². The fraction of sp³-hybridized carbons (Fsp3) is 0.429. The number of benzene rings is 1. The van der Waals surface area contributed by atoms with Gasteiger partial charge in [-0.1, -0.05) is 17.7 Å². The number of H-pyrrole nitrogens is 1. The van der Waals surface area contributed by atoms with Gasteiger partial charge in [-0.05, 0) is 86.1 Å². The number of halogens is 2. The van der Waals surface area contributed by atoms with Gasteiger partial charge < -0.3 is 4.98 Å². The van der Waals surface area contributed by atoms with Crippen LogP contribution in [0.25, 0.3) is 0 Å². The zero-order chi connectivity index (χ0) is 23.0. The Bertz CT molecular complexity index is 862. The third-order valence-corrected chi connectivity index (χ3v) is 6.25. The summed E-state index contributed by atoms with van der Waals surface area (Å²) in [6, 6.07) is 8.53. The topological polar surface area (TPSA) is 47.0 Å². The van der Waals surface area contributed by atoms with Gasteiger partial charge in [0.2, 0.25) is 0 Å². The van der Waals surface area contributed by atoms with Crippen molar-refractivity contribution in [2.24, 2.45) is 9.76 Å². The summed E-state index contributed by atoms with van der Waals surface area (Å²) < 4.78 is 9.20. The molecule has 2 rings (SSSR count). The monoisotopic (exact) mass is 511 g/mol. The summed E-state index contributed by atoms with van der Waals surface area (Å²) in [4.78, 5) is 8.37. The quantitative estimate of drug-likeness (QED) is 0.269. The summed E-state index contributed by atoms with van der Waals surface area (Å²) in [7, 11) is 17.1. The van der Waals surface area contributed by atoms with Crippen molar-refractivity contribution in [3.63, 3.8) is 0 Å². The van der Waals surface area contributed by atoms with E-state index in [1.54, 1.807) is 0 Å². The van der Waals surface area contributed by atoms with Crippen LogP contribution < -0.4 is 0 Å². The van der Waals surface area contributed by atoms with E-state index in [2.05, 4.69) is 94.5 Å². The van der Waals surface area contributed by atoms with Crippen molar-refractivity contribution in [1.29, 1.82) is 0 Å². The third kappa shape index (κ3) is 8.09. The number of hydrogen-bond donors (Lipinski definition) is 1. The summed E-state index contributed by atoms with van der Waals surface area (Å²) >= 11 is 0.194. The van der Waals surface area contributed by atoms with Gasteiger partial charge in [-0.25, -0.2) is 4.76 Å². The molecule has 0 aliphatic rings. The number of aryl methyl sites for hydroxylation is 3. The van der Waals surface area contributed by atoms with E-state index in [0.29, 0.717) is 0 Å². The molecule has 5 nitrogen and oxygen atoms in total. The molecule has 1 heterocycles. The van der Waals surface area contributed by atoms with Gasteiger partial charge in [0, 0.05) is 0 Å². The molecule has 30 heavy (non-hydrogen) atoms. The Morgan fingerprint density at radius 3 is 1.77 bits per heavy atom. The standard InChI is InChI=1S/C21H32N5P.2ClH.Fe/c1-14-12-15(2)21(16(3)13-14)22-17(4)19-10-11-20(23-19)18(5)24-27(25(6)7)26(8)9;;;/h10-13,23H,1-9H3;2*1H;/q;;;+2/p-2/b22-17?,24-18+;;;. The van der Waals surface area contributed by atoms with Crippen LogP contribution in [0.3, 0.4) is 0 Å². The molecular weight excluding hydrogens is 480 g/mol. The van der Waals surface area contributed by atoms with Gasteiger partial charge in [0.1, 0.15) is 0 Å². The number of nitrogens with zero attached hydrogens (tertiary/aromatic N) is 4. The first kappa shape index (κ1) is 27.3. The minimum absolute atomic E-state index is 0.194. The van der Waals surface area contributed by atoms with Crippen LogP contribution in [0, 0.1) is 20.8 Å².